The maximum Gasteiger partial charge on any atom is 0.408 e. The summed E-state index contributed by atoms with van der Waals surface area (Å²) in [6.07, 6.45) is 4.83. The van der Waals surface area contributed by atoms with Crippen LogP contribution in [0.4, 0.5) is 4.79 Å². The van der Waals surface area contributed by atoms with E-state index in [0.29, 0.717) is 11.8 Å². The van der Waals surface area contributed by atoms with Gasteiger partial charge in [-0.1, -0.05) is 33.8 Å². The van der Waals surface area contributed by atoms with Gasteiger partial charge in [0.15, 0.2) is 0 Å². The van der Waals surface area contributed by atoms with Gasteiger partial charge in [0.05, 0.1) is 0 Å². The molecule has 1 amide bonds. The van der Waals surface area contributed by atoms with Crippen molar-refractivity contribution in [2.45, 2.75) is 65.5 Å². The van der Waals surface area contributed by atoms with Crippen molar-refractivity contribution in [1.82, 2.24) is 5.32 Å². The zero-order valence-corrected chi connectivity index (χ0v) is 14.1. The molecule has 0 radical (unpaired) electrons. The van der Waals surface area contributed by atoms with Crippen LogP contribution < -0.4 is 5.32 Å². The molecule has 0 aromatic heterocycles. The number of allylic oxidation sites excluding steroid dienone is 1. The van der Waals surface area contributed by atoms with Crippen LogP contribution in [0.15, 0.2) is 12.7 Å². The van der Waals surface area contributed by atoms with Crippen LogP contribution in [0.25, 0.3) is 0 Å². The molecule has 0 aromatic rings. The van der Waals surface area contributed by atoms with E-state index in [0.717, 1.165) is 25.7 Å². The van der Waals surface area contributed by atoms with Gasteiger partial charge in [0.25, 0.3) is 0 Å². The number of rotatable bonds is 6. The van der Waals surface area contributed by atoms with Gasteiger partial charge in [0.1, 0.15) is 12.1 Å². The van der Waals surface area contributed by atoms with Crippen LogP contribution in [-0.4, -0.2) is 29.3 Å². The Morgan fingerprint density at radius 2 is 2.05 bits per heavy atom. The molecule has 0 aliphatic heterocycles. The third kappa shape index (κ3) is 5.35. The van der Waals surface area contributed by atoms with Crippen molar-refractivity contribution in [3.63, 3.8) is 0 Å². The molecule has 1 aliphatic carbocycles. The van der Waals surface area contributed by atoms with Crippen molar-refractivity contribution < 1.29 is 19.4 Å². The Hall–Kier alpha value is -1.52. The summed E-state index contributed by atoms with van der Waals surface area (Å²) in [6.45, 7) is 11.2. The summed E-state index contributed by atoms with van der Waals surface area (Å²) < 4.78 is 5.52. The van der Waals surface area contributed by atoms with Crippen molar-refractivity contribution in [2.75, 3.05) is 0 Å². The van der Waals surface area contributed by atoms with Gasteiger partial charge < -0.3 is 15.2 Å². The van der Waals surface area contributed by atoms with Crippen LogP contribution in [0.3, 0.4) is 0 Å². The number of alkyl carbamates (subject to hydrolysis) is 1. The lowest BCUT2D eigenvalue weighted by molar-refractivity contribution is -0.142. The van der Waals surface area contributed by atoms with Gasteiger partial charge in [0.2, 0.25) is 0 Å². The third-order valence-electron chi connectivity index (χ3n) is 4.24. The standard InChI is InChI=1S/C17H29NO4/c1-6-7-8-12-9-11(2)10-13(12)22-16(21)18-14(15(19)20)17(3,4)5/h6,11-14H,1,7-10H2,2-5H3,(H,18,21)(H,19,20)/t11-,12-,13-,14-/m1/s1. The molecule has 0 spiro atoms. The van der Waals surface area contributed by atoms with Crippen molar-refractivity contribution in [3.05, 3.63) is 12.7 Å². The molecule has 126 valence electrons. The normalized spacial score (nSPS) is 26.3. The number of carbonyl (C=O) groups is 2. The van der Waals surface area contributed by atoms with Crippen molar-refractivity contribution in [1.29, 1.82) is 0 Å². The number of carboxylic acids is 1. The van der Waals surface area contributed by atoms with Crippen LogP contribution >= 0.6 is 0 Å². The molecule has 4 atom stereocenters. The number of aliphatic carboxylic acids is 1. The molecular formula is C17H29NO4. The summed E-state index contributed by atoms with van der Waals surface area (Å²) in [4.78, 5) is 23.4. The summed E-state index contributed by atoms with van der Waals surface area (Å²) in [5.41, 5.74) is -0.573. The number of hydrogen-bond donors (Lipinski definition) is 2. The Kier molecular flexibility index (Phi) is 6.45. The van der Waals surface area contributed by atoms with Crippen LogP contribution in [-0.2, 0) is 9.53 Å². The molecular weight excluding hydrogens is 282 g/mol. The van der Waals surface area contributed by atoms with E-state index in [-0.39, 0.29) is 6.10 Å². The van der Waals surface area contributed by atoms with E-state index < -0.39 is 23.5 Å². The highest BCUT2D eigenvalue weighted by Gasteiger charge is 2.37. The zero-order valence-electron chi connectivity index (χ0n) is 14.1. The Bertz CT molecular complexity index is 413. The van der Waals surface area contributed by atoms with Gasteiger partial charge >= 0.3 is 12.1 Å². The molecule has 0 bridgehead atoms. The minimum absolute atomic E-state index is 0.135. The number of amides is 1. The van der Waals surface area contributed by atoms with E-state index >= 15 is 0 Å². The highest BCUT2D eigenvalue weighted by molar-refractivity contribution is 5.80. The molecule has 0 unspecified atom stereocenters. The lowest BCUT2D eigenvalue weighted by atomic mass is 9.87. The molecule has 1 aliphatic rings. The van der Waals surface area contributed by atoms with Crippen molar-refractivity contribution >= 4 is 12.1 Å². The van der Waals surface area contributed by atoms with E-state index in [1.54, 1.807) is 20.8 Å². The second-order valence-electron chi connectivity index (χ2n) is 7.43. The molecule has 0 aromatic carbocycles. The van der Waals surface area contributed by atoms with Gasteiger partial charge in [-0.05, 0) is 42.9 Å². The predicted octanol–water partition coefficient (Wildman–Crippen LogP) is 3.59. The first-order valence-corrected chi connectivity index (χ1v) is 7.96. The highest BCUT2D eigenvalue weighted by atomic mass is 16.6. The lowest BCUT2D eigenvalue weighted by Crippen LogP contribution is -2.50. The minimum atomic E-state index is -1.05. The first-order chi connectivity index (χ1) is 10.1. The van der Waals surface area contributed by atoms with E-state index in [9.17, 15) is 14.7 Å². The van der Waals surface area contributed by atoms with Crippen LogP contribution in [0.1, 0.15) is 53.4 Å². The first-order valence-electron chi connectivity index (χ1n) is 7.96. The molecule has 5 nitrogen and oxygen atoms in total. The lowest BCUT2D eigenvalue weighted by Gasteiger charge is -2.28. The number of carboxylic acid groups (broad SMARTS) is 1. The summed E-state index contributed by atoms with van der Waals surface area (Å²) >= 11 is 0. The monoisotopic (exact) mass is 311 g/mol. The quantitative estimate of drug-likeness (QED) is 0.735. The fourth-order valence-corrected chi connectivity index (χ4v) is 3.07. The molecule has 5 heteroatoms. The van der Waals surface area contributed by atoms with Crippen molar-refractivity contribution in [3.8, 4) is 0 Å². The average molecular weight is 311 g/mol. The van der Waals surface area contributed by atoms with Gasteiger partial charge in [0, 0.05) is 0 Å². The fourth-order valence-electron chi connectivity index (χ4n) is 3.07. The Labute approximate surface area is 133 Å². The number of hydrogen-bond acceptors (Lipinski definition) is 3. The Balaban J connectivity index is 2.62. The van der Waals surface area contributed by atoms with E-state index in [1.807, 2.05) is 6.08 Å². The average Bonchev–Trinajstić information content (AvgIpc) is 2.71. The number of nitrogens with one attached hydrogen (secondary N) is 1. The van der Waals surface area contributed by atoms with Gasteiger partial charge in [-0.15, -0.1) is 6.58 Å². The molecule has 0 saturated heterocycles. The molecule has 2 N–H and O–H groups in total. The summed E-state index contributed by atoms with van der Waals surface area (Å²) in [6, 6.07) is -0.967. The van der Waals surface area contributed by atoms with E-state index in [2.05, 4.69) is 18.8 Å². The summed E-state index contributed by atoms with van der Waals surface area (Å²) in [5, 5.41) is 11.7. The molecule has 22 heavy (non-hydrogen) atoms. The van der Waals surface area contributed by atoms with Crippen LogP contribution in [0.5, 0.6) is 0 Å². The highest BCUT2D eigenvalue weighted by Crippen LogP contribution is 2.36. The number of ether oxygens (including phenoxy) is 1. The zero-order chi connectivity index (χ0) is 16.9. The van der Waals surface area contributed by atoms with E-state index in [1.165, 1.54) is 0 Å². The maximum atomic E-state index is 12.1. The van der Waals surface area contributed by atoms with Crippen LogP contribution in [0, 0.1) is 17.3 Å². The topological polar surface area (TPSA) is 75.6 Å². The SMILES string of the molecule is C=CCC[C@@H]1C[C@@H](C)C[C@H]1OC(=O)N[C@H](C(=O)O)C(C)(C)C. The summed E-state index contributed by atoms with van der Waals surface area (Å²) in [7, 11) is 0. The Morgan fingerprint density at radius 1 is 1.41 bits per heavy atom. The smallest absolute Gasteiger partial charge is 0.408 e. The van der Waals surface area contributed by atoms with Gasteiger partial charge in [-0.2, -0.15) is 0 Å². The number of carbonyl (C=O) groups excluding carboxylic acids is 1. The van der Waals surface area contributed by atoms with Crippen molar-refractivity contribution in [2.24, 2.45) is 17.3 Å². The molecule has 1 fully saturated rings. The summed E-state index contributed by atoms with van der Waals surface area (Å²) in [5.74, 6) is -0.199. The molecule has 1 saturated carbocycles. The van der Waals surface area contributed by atoms with Gasteiger partial charge in [-0.25, -0.2) is 9.59 Å². The first kappa shape index (κ1) is 18.5. The van der Waals surface area contributed by atoms with E-state index in [4.69, 9.17) is 4.74 Å². The second-order valence-corrected chi connectivity index (χ2v) is 7.43. The van der Waals surface area contributed by atoms with Gasteiger partial charge in [-0.3, -0.25) is 0 Å². The predicted molar refractivity (Wildman–Crippen MR) is 85.6 cm³/mol. The second kappa shape index (κ2) is 7.65. The fraction of sp³-hybridized carbons (Fsp3) is 0.765. The largest absolute Gasteiger partial charge is 0.480 e. The third-order valence-corrected chi connectivity index (χ3v) is 4.24. The van der Waals surface area contributed by atoms with Crippen LogP contribution in [0.2, 0.25) is 0 Å². The molecule has 0 heterocycles. The Morgan fingerprint density at radius 3 is 2.55 bits per heavy atom. The molecule has 1 rings (SSSR count). The maximum absolute atomic E-state index is 12.1. The minimum Gasteiger partial charge on any atom is -0.480 e.